The first-order valence-electron chi connectivity index (χ1n) is 9.81. The van der Waals surface area contributed by atoms with Gasteiger partial charge in [-0.25, -0.2) is 9.37 Å². The number of hydrogen-bond acceptors (Lipinski definition) is 3. The molecule has 29 heavy (non-hydrogen) atoms. The predicted octanol–water partition coefficient (Wildman–Crippen LogP) is 5.34. The van der Waals surface area contributed by atoms with E-state index in [2.05, 4.69) is 41.7 Å². The molecule has 5 heteroatoms. The van der Waals surface area contributed by atoms with Gasteiger partial charge in [0.05, 0.1) is 5.70 Å². The Balaban J connectivity index is 1.91. The van der Waals surface area contributed by atoms with Crippen molar-refractivity contribution in [2.24, 2.45) is 0 Å². The molecule has 3 aromatic rings. The molecule has 1 aliphatic rings. The van der Waals surface area contributed by atoms with Crippen LogP contribution in [0.4, 0.5) is 10.2 Å². The lowest BCUT2D eigenvalue weighted by atomic mass is 10.1. The third-order valence-corrected chi connectivity index (χ3v) is 5.30. The smallest absolute Gasteiger partial charge is 0.162 e. The van der Waals surface area contributed by atoms with E-state index < -0.39 is 0 Å². The van der Waals surface area contributed by atoms with Gasteiger partial charge in [-0.05, 0) is 36.2 Å². The molecule has 0 radical (unpaired) electrons. The van der Waals surface area contributed by atoms with Crippen molar-refractivity contribution in [3.63, 3.8) is 0 Å². The molecule has 2 aromatic carbocycles. The van der Waals surface area contributed by atoms with Crippen molar-refractivity contribution in [2.45, 2.75) is 19.9 Å². The van der Waals surface area contributed by atoms with Crippen LogP contribution in [0.25, 0.3) is 17.1 Å². The summed E-state index contributed by atoms with van der Waals surface area (Å²) < 4.78 is 15.7. The van der Waals surface area contributed by atoms with Gasteiger partial charge < -0.3 is 14.4 Å². The van der Waals surface area contributed by atoms with Gasteiger partial charge in [-0.3, -0.25) is 0 Å². The minimum absolute atomic E-state index is 0.260. The molecular formula is C24H25FN4. The molecule has 1 aromatic heterocycles. The van der Waals surface area contributed by atoms with Gasteiger partial charge in [0.15, 0.2) is 5.82 Å². The highest BCUT2D eigenvalue weighted by molar-refractivity contribution is 5.79. The van der Waals surface area contributed by atoms with Gasteiger partial charge in [-0.2, -0.15) is 0 Å². The molecule has 0 bridgehead atoms. The second kappa shape index (κ2) is 7.59. The van der Waals surface area contributed by atoms with Crippen LogP contribution in [0.1, 0.15) is 24.6 Å². The second-order valence-corrected chi connectivity index (χ2v) is 7.26. The summed E-state index contributed by atoms with van der Waals surface area (Å²) in [6, 6.07) is 16.7. The number of nitrogens with zero attached hydrogens (tertiary/aromatic N) is 4. The third kappa shape index (κ3) is 3.33. The van der Waals surface area contributed by atoms with Gasteiger partial charge in [0.2, 0.25) is 0 Å². The van der Waals surface area contributed by atoms with Crippen molar-refractivity contribution in [3.8, 4) is 11.4 Å². The van der Waals surface area contributed by atoms with Crippen LogP contribution < -0.4 is 4.90 Å². The van der Waals surface area contributed by atoms with E-state index in [1.54, 1.807) is 12.1 Å². The fourth-order valence-corrected chi connectivity index (χ4v) is 3.77. The molecule has 0 saturated carbocycles. The van der Waals surface area contributed by atoms with Crippen LogP contribution in [0.5, 0.6) is 0 Å². The molecule has 0 fully saturated rings. The van der Waals surface area contributed by atoms with E-state index in [9.17, 15) is 4.39 Å². The molecule has 0 amide bonds. The highest BCUT2D eigenvalue weighted by atomic mass is 19.1. The number of fused-ring (bicyclic) bond motifs is 1. The number of anilines is 1. The molecule has 0 N–H and O–H groups in total. The maximum Gasteiger partial charge on any atom is 0.162 e. The Hall–Kier alpha value is -3.34. The maximum absolute atomic E-state index is 13.5. The van der Waals surface area contributed by atoms with Crippen molar-refractivity contribution in [1.29, 1.82) is 0 Å². The average molecular weight is 388 g/mol. The quantitative estimate of drug-likeness (QED) is 0.590. The summed E-state index contributed by atoms with van der Waals surface area (Å²) >= 11 is 0. The fraction of sp³-hybridized carbons (Fsp3) is 0.208. The number of aromatic nitrogens is 2. The Morgan fingerprint density at radius 2 is 1.69 bits per heavy atom. The maximum atomic E-state index is 13.5. The van der Waals surface area contributed by atoms with Crippen LogP contribution >= 0.6 is 0 Å². The molecule has 4 nitrogen and oxygen atoms in total. The first-order valence-corrected chi connectivity index (χ1v) is 9.81. The Labute approximate surface area is 171 Å². The van der Waals surface area contributed by atoms with E-state index >= 15 is 0 Å². The van der Waals surface area contributed by atoms with Crippen LogP contribution in [-0.4, -0.2) is 28.0 Å². The second-order valence-electron chi connectivity index (χ2n) is 7.26. The van der Waals surface area contributed by atoms with Crippen LogP contribution in [-0.2, 0) is 6.54 Å². The lowest BCUT2D eigenvalue weighted by Crippen LogP contribution is -2.37. The highest BCUT2D eigenvalue weighted by Gasteiger charge is 2.32. The van der Waals surface area contributed by atoms with Crippen molar-refractivity contribution < 1.29 is 4.39 Å². The molecule has 2 heterocycles. The number of halogens is 1. The number of imidazole rings is 1. The van der Waals surface area contributed by atoms with Crippen molar-refractivity contribution in [2.75, 3.05) is 18.5 Å². The number of rotatable bonds is 5. The lowest BCUT2D eigenvalue weighted by Gasteiger charge is -2.38. The van der Waals surface area contributed by atoms with Crippen LogP contribution in [0.2, 0.25) is 0 Å². The summed E-state index contributed by atoms with van der Waals surface area (Å²) in [4.78, 5) is 9.09. The van der Waals surface area contributed by atoms with E-state index in [4.69, 9.17) is 4.98 Å². The first-order chi connectivity index (χ1) is 14.0. The molecule has 0 unspecified atom stereocenters. The molecular weight excluding hydrogens is 363 g/mol. The Bertz CT molecular complexity index is 1050. The molecule has 0 spiro atoms. The average Bonchev–Trinajstić information content (AvgIpc) is 3.10. The summed E-state index contributed by atoms with van der Waals surface area (Å²) in [5.41, 5.74) is 3.89. The third-order valence-electron chi connectivity index (χ3n) is 5.30. The van der Waals surface area contributed by atoms with Gasteiger partial charge in [-0.1, -0.05) is 50.4 Å². The van der Waals surface area contributed by atoms with Gasteiger partial charge in [0, 0.05) is 25.7 Å². The van der Waals surface area contributed by atoms with Gasteiger partial charge in [0.25, 0.3) is 0 Å². The topological polar surface area (TPSA) is 24.3 Å². The summed E-state index contributed by atoms with van der Waals surface area (Å²) in [7, 11) is 1.98. The molecule has 0 aliphatic carbocycles. The Morgan fingerprint density at radius 1 is 1.00 bits per heavy atom. The summed E-state index contributed by atoms with van der Waals surface area (Å²) in [6.07, 6.45) is 0.985. The SMILES string of the molecule is C=C1c2c(nc(-c3ccc(F)cc3)n2Cc2ccccc2)N(C)C(=C)N1CCC. The summed E-state index contributed by atoms with van der Waals surface area (Å²) in [5, 5.41) is 0. The molecule has 4 rings (SSSR count). The van der Waals surface area contributed by atoms with E-state index in [-0.39, 0.29) is 5.82 Å². The van der Waals surface area contributed by atoms with Crippen molar-refractivity contribution >= 4 is 11.5 Å². The number of benzene rings is 2. The largest absolute Gasteiger partial charge is 0.327 e. The molecule has 148 valence electrons. The monoisotopic (exact) mass is 388 g/mol. The zero-order valence-corrected chi connectivity index (χ0v) is 16.9. The van der Waals surface area contributed by atoms with Crippen molar-refractivity contribution in [3.05, 3.63) is 90.7 Å². The Kier molecular flexibility index (Phi) is 4.97. The van der Waals surface area contributed by atoms with E-state index in [1.165, 1.54) is 12.1 Å². The van der Waals surface area contributed by atoms with E-state index in [1.807, 2.05) is 30.1 Å². The van der Waals surface area contributed by atoms with Gasteiger partial charge in [0.1, 0.15) is 23.2 Å². The van der Waals surface area contributed by atoms with Crippen LogP contribution in [0, 0.1) is 5.82 Å². The molecule has 1 aliphatic heterocycles. The number of hydrogen-bond donors (Lipinski definition) is 0. The first kappa shape index (κ1) is 19.0. The summed E-state index contributed by atoms with van der Waals surface area (Å²) in [5.74, 6) is 2.21. The standard InChI is InChI=1S/C24H25FN4/c1-5-15-28-17(2)22-24(27(4)18(28)3)26-23(20-11-13-21(25)14-12-20)29(22)16-19-9-7-6-8-10-19/h6-14H,2-3,5,15-16H2,1,4H3. The highest BCUT2D eigenvalue weighted by Crippen LogP contribution is 2.40. The Morgan fingerprint density at radius 3 is 2.34 bits per heavy atom. The minimum Gasteiger partial charge on any atom is -0.327 e. The fourth-order valence-electron chi connectivity index (χ4n) is 3.77. The van der Waals surface area contributed by atoms with Gasteiger partial charge in [-0.15, -0.1) is 0 Å². The van der Waals surface area contributed by atoms with Crippen LogP contribution in [0.15, 0.2) is 73.6 Å². The predicted molar refractivity (Wildman–Crippen MR) is 117 cm³/mol. The van der Waals surface area contributed by atoms with Crippen molar-refractivity contribution in [1.82, 2.24) is 14.5 Å². The summed E-state index contributed by atoms with van der Waals surface area (Å²) in [6.45, 7) is 12.3. The van der Waals surface area contributed by atoms with E-state index in [0.29, 0.717) is 6.54 Å². The van der Waals surface area contributed by atoms with Crippen LogP contribution in [0.3, 0.4) is 0 Å². The van der Waals surface area contributed by atoms with E-state index in [0.717, 1.165) is 52.9 Å². The minimum atomic E-state index is -0.260. The zero-order chi connectivity index (χ0) is 20.5. The lowest BCUT2D eigenvalue weighted by molar-refractivity contribution is 0.461. The molecule has 0 atom stereocenters. The molecule has 0 saturated heterocycles. The zero-order valence-electron chi connectivity index (χ0n) is 16.9. The van der Waals surface area contributed by atoms with Gasteiger partial charge >= 0.3 is 0 Å². The normalized spacial score (nSPS) is 13.8.